The Bertz CT molecular complexity index is 328. The maximum Gasteiger partial charge on any atom is 0.216 e. The molecule has 1 unspecified atom stereocenters. The molecule has 4 heteroatoms. The largest absolute Gasteiger partial charge is 0.264 e. The fourth-order valence-corrected chi connectivity index (χ4v) is 1.52. The van der Waals surface area contributed by atoms with E-state index in [2.05, 4.69) is 0 Å². The summed E-state index contributed by atoms with van der Waals surface area (Å²) < 4.78 is 0. The SMILES string of the molecule is CCC(Cc1cccc(Cl)c1)[N+](=O)[O-]. The molecule has 0 aliphatic rings. The number of rotatable bonds is 4. The summed E-state index contributed by atoms with van der Waals surface area (Å²) in [6, 6.07) is 6.70. The van der Waals surface area contributed by atoms with Crippen molar-refractivity contribution < 1.29 is 4.92 Å². The lowest BCUT2D eigenvalue weighted by atomic mass is 10.0. The van der Waals surface area contributed by atoms with Crippen LogP contribution >= 0.6 is 11.6 Å². The van der Waals surface area contributed by atoms with Gasteiger partial charge in [-0.1, -0.05) is 30.7 Å². The van der Waals surface area contributed by atoms with Crippen LogP contribution in [0.25, 0.3) is 0 Å². The van der Waals surface area contributed by atoms with E-state index < -0.39 is 6.04 Å². The summed E-state index contributed by atoms with van der Waals surface area (Å²) in [6.07, 6.45) is 0.990. The average molecular weight is 214 g/mol. The van der Waals surface area contributed by atoms with E-state index in [1.54, 1.807) is 12.1 Å². The first kappa shape index (κ1) is 11.0. The number of hydrogen-bond acceptors (Lipinski definition) is 2. The molecule has 0 N–H and O–H groups in total. The molecule has 0 aliphatic carbocycles. The fourth-order valence-electron chi connectivity index (χ4n) is 1.30. The van der Waals surface area contributed by atoms with E-state index in [9.17, 15) is 10.1 Å². The van der Waals surface area contributed by atoms with Crippen molar-refractivity contribution >= 4 is 11.6 Å². The molecular formula is C10H12ClNO2. The van der Waals surface area contributed by atoms with Gasteiger partial charge in [-0.2, -0.15) is 0 Å². The highest BCUT2D eigenvalue weighted by Crippen LogP contribution is 2.14. The smallest absolute Gasteiger partial charge is 0.216 e. The Morgan fingerprint density at radius 2 is 2.29 bits per heavy atom. The predicted octanol–water partition coefficient (Wildman–Crippen LogP) is 2.94. The van der Waals surface area contributed by atoms with Gasteiger partial charge in [0.2, 0.25) is 6.04 Å². The summed E-state index contributed by atoms with van der Waals surface area (Å²) in [5, 5.41) is 11.2. The van der Waals surface area contributed by atoms with E-state index in [0.717, 1.165) is 5.56 Å². The van der Waals surface area contributed by atoms with Gasteiger partial charge in [0.1, 0.15) is 0 Å². The van der Waals surface area contributed by atoms with E-state index in [-0.39, 0.29) is 4.92 Å². The zero-order valence-corrected chi connectivity index (χ0v) is 8.70. The molecule has 0 heterocycles. The monoisotopic (exact) mass is 213 g/mol. The Hall–Kier alpha value is -1.09. The van der Waals surface area contributed by atoms with Gasteiger partial charge < -0.3 is 0 Å². The minimum absolute atomic E-state index is 0.235. The van der Waals surface area contributed by atoms with Crippen LogP contribution in [0.2, 0.25) is 5.02 Å². The van der Waals surface area contributed by atoms with E-state index in [4.69, 9.17) is 11.6 Å². The first-order valence-electron chi connectivity index (χ1n) is 4.51. The third kappa shape index (κ3) is 3.00. The summed E-state index contributed by atoms with van der Waals surface area (Å²) in [6.45, 7) is 1.82. The van der Waals surface area contributed by atoms with Crippen molar-refractivity contribution in [1.29, 1.82) is 0 Å². The summed E-state index contributed by atoms with van der Waals surface area (Å²) in [5.41, 5.74) is 0.918. The second-order valence-electron chi connectivity index (χ2n) is 3.18. The molecule has 0 aliphatic heterocycles. The molecule has 0 saturated carbocycles. The Kier molecular flexibility index (Phi) is 3.89. The van der Waals surface area contributed by atoms with Gasteiger partial charge in [-0.3, -0.25) is 10.1 Å². The van der Waals surface area contributed by atoms with Gasteiger partial charge in [-0.05, 0) is 17.7 Å². The molecule has 0 spiro atoms. The molecular weight excluding hydrogens is 202 g/mol. The molecule has 0 fully saturated rings. The molecule has 1 rings (SSSR count). The Labute approximate surface area is 87.8 Å². The van der Waals surface area contributed by atoms with Crippen LogP contribution in [-0.4, -0.2) is 11.0 Å². The highest BCUT2D eigenvalue weighted by Gasteiger charge is 2.17. The van der Waals surface area contributed by atoms with Crippen LogP contribution in [0.3, 0.4) is 0 Å². The van der Waals surface area contributed by atoms with Crippen molar-refractivity contribution in [1.82, 2.24) is 0 Å². The molecule has 1 aromatic carbocycles. The lowest BCUT2D eigenvalue weighted by molar-refractivity contribution is -0.522. The second kappa shape index (κ2) is 4.96. The van der Waals surface area contributed by atoms with Crippen molar-refractivity contribution in [3.63, 3.8) is 0 Å². The van der Waals surface area contributed by atoms with Crippen LogP contribution in [0.1, 0.15) is 18.9 Å². The summed E-state index contributed by atoms with van der Waals surface area (Å²) in [5.74, 6) is 0. The average Bonchev–Trinajstić information content (AvgIpc) is 2.14. The maximum atomic E-state index is 10.6. The molecule has 0 radical (unpaired) electrons. The third-order valence-electron chi connectivity index (χ3n) is 2.13. The van der Waals surface area contributed by atoms with Gasteiger partial charge in [0.05, 0.1) is 0 Å². The van der Waals surface area contributed by atoms with Gasteiger partial charge in [-0.15, -0.1) is 0 Å². The van der Waals surface area contributed by atoms with E-state index in [0.29, 0.717) is 17.9 Å². The van der Waals surface area contributed by atoms with Crippen molar-refractivity contribution in [3.8, 4) is 0 Å². The molecule has 1 aromatic rings. The zero-order valence-electron chi connectivity index (χ0n) is 7.94. The number of nitro groups is 1. The Morgan fingerprint density at radius 3 is 2.79 bits per heavy atom. The standard InChI is InChI=1S/C10H12ClNO2/c1-2-10(12(13)14)7-8-4-3-5-9(11)6-8/h3-6,10H,2,7H2,1H3. The normalized spacial score (nSPS) is 12.4. The summed E-state index contributed by atoms with van der Waals surface area (Å²) >= 11 is 5.78. The maximum absolute atomic E-state index is 10.6. The number of nitrogens with zero attached hydrogens (tertiary/aromatic N) is 1. The van der Waals surface area contributed by atoms with Crippen LogP contribution in [0.15, 0.2) is 24.3 Å². The molecule has 0 amide bonds. The summed E-state index contributed by atoms with van der Waals surface area (Å²) in [7, 11) is 0. The third-order valence-corrected chi connectivity index (χ3v) is 2.36. The summed E-state index contributed by atoms with van der Waals surface area (Å²) in [4.78, 5) is 10.4. The van der Waals surface area contributed by atoms with Crippen LogP contribution in [0, 0.1) is 10.1 Å². The van der Waals surface area contributed by atoms with Crippen molar-refractivity contribution in [2.75, 3.05) is 0 Å². The fraction of sp³-hybridized carbons (Fsp3) is 0.400. The number of hydrogen-bond donors (Lipinski definition) is 0. The first-order valence-corrected chi connectivity index (χ1v) is 4.89. The molecule has 1 atom stereocenters. The van der Waals surface area contributed by atoms with Crippen molar-refractivity contribution in [2.45, 2.75) is 25.8 Å². The molecule has 0 aromatic heterocycles. The van der Waals surface area contributed by atoms with Gasteiger partial charge in [0.25, 0.3) is 0 Å². The number of benzene rings is 1. The van der Waals surface area contributed by atoms with Crippen molar-refractivity contribution in [3.05, 3.63) is 45.0 Å². The lowest BCUT2D eigenvalue weighted by Gasteiger charge is -2.06. The zero-order chi connectivity index (χ0) is 10.6. The van der Waals surface area contributed by atoms with E-state index in [1.165, 1.54) is 0 Å². The number of halogens is 1. The molecule has 14 heavy (non-hydrogen) atoms. The minimum atomic E-state index is -0.506. The first-order chi connectivity index (χ1) is 6.63. The van der Waals surface area contributed by atoms with E-state index in [1.807, 2.05) is 19.1 Å². The minimum Gasteiger partial charge on any atom is -0.264 e. The predicted molar refractivity (Wildman–Crippen MR) is 56.2 cm³/mol. The molecule has 0 bridgehead atoms. The lowest BCUT2D eigenvalue weighted by Crippen LogP contribution is -2.20. The molecule has 3 nitrogen and oxygen atoms in total. The van der Waals surface area contributed by atoms with Crippen LogP contribution in [0.4, 0.5) is 0 Å². The quantitative estimate of drug-likeness (QED) is 0.570. The van der Waals surface area contributed by atoms with Gasteiger partial charge in [0.15, 0.2) is 0 Å². The Morgan fingerprint density at radius 1 is 1.57 bits per heavy atom. The Balaban J connectivity index is 2.72. The van der Waals surface area contributed by atoms with Gasteiger partial charge >= 0.3 is 0 Å². The molecule has 0 saturated heterocycles. The molecule has 76 valence electrons. The van der Waals surface area contributed by atoms with Gasteiger partial charge in [0, 0.05) is 22.8 Å². The topological polar surface area (TPSA) is 43.1 Å². The second-order valence-corrected chi connectivity index (χ2v) is 3.62. The van der Waals surface area contributed by atoms with Gasteiger partial charge in [-0.25, -0.2) is 0 Å². The van der Waals surface area contributed by atoms with Crippen LogP contribution < -0.4 is 0 Å². The van der Waals surface area contributed by atoms with Crippen LogP contribution in [-0.2, 0) is 6.42 Å². The van der Waals surface area contributed by atoms with Crippen LogP contribution in [0.5, 0.6) is 0 Å². The van der Waals surface area contributed by atoms with E-state index >= 15 is 0 Å². The van der Waals surface area contributed by atoms with Crippen molar-refractivity contribution in [2.24, 2.45) is 0 Å². The highest BCUT2D eigenvalue weighted by molar-refractivity contribution is 6.30. The highest BCUT2D eigenvalue weighted by atomic mass is 35.5.